The van der Waals surface area contributed by atoms with Crippen LogP contribution >= 0.6 is 0 Å². The molecule has 4 nitrogen and oxygen atoms in total. The van der Waals surface area contributed by atoms with Gasteiger partial charge in [0.25, 0.3) is 0 Å². The molecular weight excluding hydrogens is 264 g/mol. The minimum atomic E-state index is -0.408. The fourth-order valence-electron chi connectivity index (χ4n) is 2.52. The van der Waals surface area contributed by atoms with Gasteiger partial charge in [-0.1, -0.05) is 13.8 Å². The molecule has 0 saturated heterocycles. The molecule has 1 saturated carbocycles. The van der Waals surface area contributed by atoms with Crippen molar-refractivity contribution in [1.29, 1.82) is 0 Å². The molecule has 0 aromatic carbocycles. The van der Waals surface area contributed by atoms with E-state index >= 15 is 0 Å². The van der Waals surface area contributed by atoms with Crippen LogP contribution in [0.4, 0.5) is 4.79 Å². The van der Waals surface area contributed by atoms with Gasteiger partial charge in [0, 0.05) is 18.6 Å². The molecule has 0 spiro atoms. The van der Waals surface area contributed by atoms with E-state index in [1.54, 1.807) is 0 Å². The first-order valence-electron chi connectivity index (χ1n) is 8.42. The molecule has 0 aromatic heterocycles. The van der Waals surface area contributed by atoms with Crippen LogP contribution in [0.25, 0.3) is 0 Å². The summed E-state index contributed by atoms with van der Waals surface area (Å²) in [7, 11) is 0. The highest BCUT2D eigenvalue weighted by atomic mass is 16.6. The van der Waals surface area contributed by atoms with Crippen molar-refractivity contribution in [2.75, 3.05) is 13.1 Å². The van der Waals surface area contributed by atoms with E-state index in [2.05, 4.69) is 26.1 Å². The molecular formula is C17H34N2O2. The lowest BCUT2D eigenvalue weighted by molar-refractivity contribution is 0.0232. The van der Waals surface area contributed by atoms with Gasteiger partial charge in [-0.3, -0.25) is 0 Å². The van der Waals surface area contributed by atoms with Crippen molar-refractivity contribution in [3.8, 4) is 0 Å². The van der Waals surface area contributed by atoms with E-state index in [1.807, 2.05) is 25.7 Å². The van der Waals surface area contributed by atoms with Gasteiger partial charge in [-0.2, -0.15) is 0 Å². The molecule has 4 heteroatoms. The van der Waals surface area contributed by atoms with Crippen LogP contribution in [-0.2, 0) is 4.74 Å². The van der Waals surface area contributed by atoms with Crippen molar-refractivity contribution in [2.45, 2.75) is 84.9 Å². The van der Waals surface area contributed by atoms with E-state index in [-0.39, 0.29) is 6.09 Å². The monoisotopic (exact) mass is 298 g/mol. The minimum absolute atomic E-state index is 0.153. The maximum atomic E-state index is 12.2. The SMILES string of the molecule is CC(C)CC(C)NCCCN(C(=O)OC(C)(C)C)C1CC1. The summed E-state index contributed by atoms with van der Waals surface area (Å²) in [5.74, 6) is 0.720. The molecule has 1 aliphatic rings. The van der Waals surface area contributed by atoms with Crippen LogP contribution in [0, 0.1) is 5.92 Å². The molecule has 0 aromatic rings. The Morgan fingerprint density at radius 3 is 2.38 bits per heavy atom. The minimum Gasteiger partial charge on any atom is -0.444 e. The summed E-state index contributed by atoms with van der Waals surface area (Å²) in [5, 5.41) is 3.54. The quantitative estimate of drug-likeness (QED) is 0.693. The van der Waals surface area contributed by atoms with Crippen molar-refractivity contribution >= 4 is 6.09 Å². The molecule has 0 radical (unpaired) electrons. The first-order chi connectivity index (χ1) is 9.69. The highest BCUT2D eigenvalue weighted by molar-refractivity contribution is 5.69. The van der Waals surface area contributed by atoms with Crippen LogP contribution < -0.4 is 5.32 Å². The van der Waals surface area contributed by atoms with Gasteiger partial charge in [0.2, 0.25) is 0 Å². The number of carbonyl (C=O) groups excluding carboxylic acids is 1. The molecule has 1 aliphatic carbocycles. The van der Waals surface area contributed by atoms with Crippen molar-refractivity contribution in [3.05, 3.63) is 0 Å². The van der Waals surface area contributed by atoms with Crippen LogP contribution in [0.3, 0.4) is 0 Å². The normalized spacial score (nSPS) is 16.9. The van der Waals surface area contributed by atoms with Crippen LogP contribution in [0.5, 0.6) is 0 Å². The topological polar surface area (TPSA) is 41.6 Å². The van der Waals surface area contributed by atoms with Crippen molar-refractivity contribution in [2.24, 2.45) is 5.92 Å². The Morgan fingerprint density at radius 1 is 1.29 bits per heavy atom. The summed E-state index contributed by atoms with van der Waals surface area (Å²) in [5.41, 5.74) is -0.408. The molecule has 1 amide bonds. The molecule has 1 rings (SSSR count). The van der Waals surface area contributed by atoms with Crippen molar-refractivity contribution in [1.82, 2.24) is 10.2 Å². The Labute approximate surface area is 130 Å². The molecule has 0 bridgehead atoms. The maximum absolute atomic E-state index is 12.2. The Balaban J connectivity index is 2.27. The molecule has 0 heterocycles. The van der Waals surface area contributed by atoms with Gasteiger partial charge in [0.15, 0.2) is 0 Å². The summed E-state index contributed by atoms with van der Waals surface area (Å²) >= 11 is 0. The molecule has 1 N–H and O–H groups in total. The number of nitrogens with one attached hydrogen (secondary N) is 1. The van der Waals surface area contributed by atoms with E-state index in [4.69, 9.17) is 4.74 Å². The van der Waals surface area contributed by atoms with E-state index in [0.29, 0.717) is 12.1 Å². The van der Waals surface area contributed by atoms with Crippen LogP contribution in [0.15, 0.2) is 0 Å². The van der Waals surface area contributed by atoms with Gasteiger partial charge < -0.3 is 15.0 Å². The summed E-state index contributed by atoms with van der Waals surface area (Å²) < 4.78 is 5.50. The zero-order valence-electron chi connectivity index (χ0n) is 14.7. The molecule has 124 valence electrons. The number of nitrogens with zero attached hydrogens (tertiary/aromatic N) is 1. The number of ether oxygens (including phenoxy) is 1. The number of amides is 1. The number of rotatable bonds is 8. The summed E-state index contributed by atoms with van der Waals surface area (Å²) in [6.45, 7) is 14.2. The Kier molecular flexibility index (Phi) is 6.98. The second-order valence-electron chi connectivity index (χ2n) is 7.74. The standard InChI is InChI=1S/C17H34N2O2/c1-13(2)12-14(3)18-10-7-11-19(15-8-9-15)16(20)21-17(4,5)6/h13-15,18H,7-12H2,1-6H3. The third-order valence-electron chi connectivity index (χ3n) is 3.51. The Hall–Kier alpha value is -0.770. The van der Waals surface area contributed by atoms with Gasteiger partial charge >= 0.3 is 6.09 Å². The lowest BCUT2D eigenvalue weighted by Crippen LogP contribution is -2.40. The van der Waals surface area contributed by atoms with Gasteiger partial charge in [0.05, 0.1) is 0 Å². The fraction of sp³-hybridized carbons (Fsp3) is 0.941. The van der Waals surface area contributed by atoms with Gasteiger partial charge in [0.1, 0.15) is 5.60 Å². The number of hydrogen-bond acceptors (Lipinski definition) is 3. The lowest BCUT2D eigenvalue weighted by atomic mass is 10.1. The van der Waals surface area contributed by atoms with E-state index in [9.17, 15) is 4.79 Å². The summed E-state index contributed by atoms with van der Waals surface area (Å²) in [4.78, 5) is 14.1. The predicted octanol–water partition coefficient (Wildman–Crippen LogP) is 3.80. The number of carbonyl (C=O) groups is 1. The van der Waals surface area contributed by atoms with Crippen molar-refractivity contribution in [3.63, 3.8) is 0 Å². The maximum Gasteiger partial charge on any atom is 0.410 e. The van der Waals surface area contributed by atoms with Gasteiger partial charge in [-0.15, -0.1) is 0 Å². The largest absolute Gasteiger partial charge is 0.444 e. The van der Waals surface area contributed by atoms with Crippen LogP contribution in [0.2, 0.25) is 0 Å². The van der Waals surface area contributed by atoms with Crippen LogP contribution in [-0.4, -0.2) is 41.8 Å². The van der Waals surface area contributed by atoms with Crippen molar-refractivity contribution < 1.29 is 9.53 Å². The fourth-order valence-corrected chi connectivity index (χ4v) is 2.52. The molecule has 21 heavy (non-hydrogen) atoms. The summed E-state index contributed by atoms with van der Waals surface area (Å²) in [6, 6.07) is 0.953. The second kappa shape index (κ2) is 8.02. The van der Waals surface area contributed by atoms with E-state index < -0.39 is 5.60 Å². The average molecular weight is 298 g/mol. The predicted molar refractivity (Wildman–Crippen MR) is 87.5 cm³/mol. The first-order valence-corrected chi connectivity index (χ1v) is 8.42. The van der Waals surface area contributed by atoms with Gasteiger partial charge in [-0.25, -0.2) is 4.79 Å². The lowest BCUT2D eigenvalue weighted by Gasteiger charge is -2.27. The summed E-state index contributed by atoms with van der Waals surface area (Å²) in [6.07, 6.45) is 4.27. The van der Waals surface area contributed by atoms with E-state index in [1.165, 1.54) is 6.42 Å². The zero-order valence-corrected chi connectivity index (χ0v) is 14.7. The third kappa shape index (κ3) is 8.30. The zero-order chi connectivity index (χ0) is 16.0. The van der Waals surface area contributed by atoms with Crippen LogP contribution in [0.1, 0.15) is 67.2 Å². The molecule has 1 atom stereocenters. The third-order valence-corrected chi connectivity index (χ3v) is 3.51. The highest BCUT2D eigenvalue weighted by Crippen LogP contribution is 2.28. The smallest absolute Gasteiger partial charge is 0.410 e. The average Bonchev–Trinajstić information content (AvgIpc) is 3.09. The highest BCUT2D eigenvalue weighted by Gasteiger charge is 2.34. The number of hydrogen-bond donors (Lipinski definition) is 1. The Morgan fingerprint density at radius 2 is 1.90 bits per heavy atom. The van der Waals surface area contributed by atoms with Gasteiger partial charge in [-0.05, 0) is 65.8 Å². The first kappa shape index (κ1) is 18.3. The Bertz CT molecular complexity index is 319. The molecule has 0 aliphatic heterocycles. The molecule has 1 unspecified atom stereocenters. The molecule has 1 fully saturated rings. The van der Waals surface area contributed by atoms with E-state index in [0.717, 1.165) is 38.3 Å². The second-order valence-corrected chi connectivity index (χ2v) is 7.74.